The lowest BCUT2D eigenvalue weighted by Crippen LogP contribution is -2.40. The number of fused-ring (bicyclic) bond motifs is 1. The van der Waals surface area contributed by atoms with Crippen molar-refractivity contribution in [2.45, 2.75) is 31.1 Å². The Kier molecular flexibility index (Phi) is 5.32. The van der Waals surface area contributed by atoms with Crippen LogP contribution in [0.1, 0.15) is 26.2 Å². The summed E-state index contributed by atoms with van der Waals surface area (Å²) in [5.41, 5.74) is 1.26. The van der Waals surface area contributed by atoms with E-state index >= 15 is 0 Å². The summed E-state index contributed by atoms with van der Waals surface area (Å²) in [6.07, 6.45) is 3.54. The van der Waals surface area contributed by atoms with E-state index in [1.165, 1.54) is 35.6 Å². The molecule has 2 nitrogen and oxygen atoms in total. The maximum absolute atomic E-state index is 5.53. The van der Waals surface area contributed by atoms with Gasteiger partial charge < -0.3 is 10.2 Å². The summed E-state index contributed by atoms with van der Waals surface area (Å²) >= 11 is 7.46. The minimum absolute atomic E-state index is 0.874. The lowest BCUT2D eigenvalue weighted by Gasteiger charge is -2.25. The van der Waals surface area contributed by atoms with Crippen molar-refractivity contribution in [1.82, 2.24) is 5.32 Å². The molecule has 0 unspecified atom stereocenters. The van der Waals surface area contributed by atoms with Crippen LogP contribution in [-0.2, 0) is 0 Å². The van der Waals surface area contributed by atoms with Crippen molar-refractivity contribution in [2.75, 3.05) is 23.7 Å². The van der Waals surface area contributed by atoms with Crippen molar-refractivity contribution in [2.24, 2.45) is 0 Å². The number of thiocarbonyl (C=S) groups is 1. The van der Waals surface area contributed by atoms with Crippen LogP contribution in [0.15, 0.2) is 29.2 Å². The molecule has 98 valence electrons. The van der Waals surface area contributed by atoms with E-state index in [1.54, 1.807) is 0 Å². The molecule has 18 heavy (non-hydrogen) atoms. The second-order valence-corrected chi connectivity index (χ2v) is 5.93. The number of anilines is 1. The normalized spacial score (nSPS) is 14.8. The van der Waals surface area contributed by atoms with E-state index < -0.39 is 0 Å². The number of para-hydroxylation sites is 1. The number of benzene rings is 1. The smallest absolute Gasteiger partial charge is 0.173 e. The van der Waals surface area contributed by atoms with E-state index in [9.17, 15) is 0 Å². The third-order valence-corrected chi connectivity index (χ3v) is 4.51. The van der Waals surface area contributed by atoms with Crippen molar-refractivity contribution in [3.05, 3.63) is 24.3 Å². The van der Waals surface area contributed by atoms with Crippen molar-refractivity contribution in [3.63, 3.8) is 0 Å². The predicted molar refractivity (Wildman–Crippen MR) is 84.6 cm³/mol. The van der Waals surface area contributed by atoms with Crippen LogP contribution in [0.25, 0.3) is 0 Å². The second kappa shape index (κ2) is 7.00. The van der Waals surface area contributed by atoms with Crippen LogP contribution in [0.5, 0.6) is 0 Å². The van der Waals surface area contributed by atoms with Gasteiger partial charge in [0.2, 0.25) is 0 Å². The molecule has 0 spiro atoms. The van der Waals surface area contributed by atoms with Crippen LogP contribution in [0.3, 0.4) is 0 Å². The predicted octanol–water partition coefficient (Wildman–Crippen LogP) is 3.66. The number of unbranched alkanes of at least 4 members (excludes halogenated alkanes) is 1. The fraction of sp³-hybridized carbons (Fsp3) is 0.500. The molecule has 0 atom stereocenters. The highest BCUT2D eigenvalue weighted by Gasteiger charge is 2.18. The lowest BCUT2D eigenvalue weighted by molar-refractivity contribution is 0.747. The van der Waals surface area contributed by atoms with Gasteiger partial charge in [-0.15, -0.1) is 11.8 Å². The van der Waals surface area contributed by atoms with E-state index in [4.69, 9.17) is 12.2 Å². The summed E-state index contributed by atoms with van der Waals surface area (Å²) in [4.78, 5) is 3.59. The molecule has 0 saturated carbocycles. The summed E-state index contributed by atoms with van der Waals surface area (Å²) in [6.45, 7) is 4.19. The summed E-state index contributed by atoms with van der Waals surface area (Å²) in [5, 5.41) is 4.24. The Morgan fingerprint density at radius 1 is 1.44 bits per heavy atom. The van der Waals surface area contributed by atoms with Crippen LogP contribution in [-0.4, -0.2) is 24.0 Å². The van der Waals surface area contributed by atoms with Crippen LogP contribution in [0.4, 0.5) is 5.69 Å². The lowest BCUT2D eigenvalue weighted by atomic mass is 10.3. The monoisotopic (exact) mass is 280 g/mol. The van der Waals surface area contributed by atoms with Gasteiger partial charge in [0.15, 0.2) is 5.11 Å². The molecule has 0 saturated heterocycles. The van der Waals surface area contributed by atoms with Gasteiger partial charge in [0.25, 0.3) is 0 Å². The first-order chi connectivity index (χ1) is 8.83. The van der Waals surface area contributed by atoms with Crippen molar-refractivity contribution in [1.29, 1.82) is 0 Å². The molecule has 4 heteroatoms. The molecule has 0 aliphatic carbocycles. The molecule has 2 rings (SSSR count). The average Bonchev–Trinajstić information content (AvgIpc) is 2.61. The standard InChI is InChI=1S/C14H20N2S2/c1-2-3-9-15-14(17)16-10-6-11-18-13-8-5-4-7-12(13)16/h4-5,7-8H,2-3,6,9-11H2,1H3,(H,15,17). The maximum Gasteiger partial charge on any atom is 0.173 e. The molecule has 1 aliphatic rings. The molecule has 0 radical (unpaired) electrons. The number of rotatable bonds is 3. The topological polar surface area (TPSA) is 15.3 Å². The Hall–Kier alpha value is -0.740. The molecule has 1 aromatic carbocycles. The molecule has 1 heterocycles. The summed E-state index contributed by atoms with van der Waals surface area (Å²) in [5.74, 6) is 1.17. The Morgan fingerprint density at radius 3 is 3.11 bits per heavy atom. The highest BCUT2D eigenvalue weighted by molar-refractivity contribution is 7.99. The van der Waals surface area contributed by atoms with E-state index in [-0.39, 0.29) is 0 Å². The van der Waals surface area contributed by atoms with E-state index in [0.29, 0.717) is 0 Å². The Labute approximate surface area is 119 Å². The van der Waals surface area contributed by atoms with Crippen LogP contribution in [0.2, 0.25) is 0 Å². The zero-order chi connectivity index (χ0) is 12.8. The number of nitrogens with zero attached hydrogens (tertiary/aromatic N) is 1. The second-order valence-electron chi connectivity index (χ2n) is 4.41. The minimum Gasteiger partial charge on any atom is -0.362 e. The largest absolute Gasteiger partial charge is 0.362 e. The SMILES string of the molecule is CCCCNC(=S)N1CCCSc2ccccc21. The molecule has 1 N–H and O–H groups in total. The van der Waals surface area contributed by atoms with E-state index in [0.717, 1.165) is 18.2 Å². The fourth-order valence-corrected chi connectivity index (χ4v) is 3.29. The fourth-order valence-electron chi connectivity index (χ4n) is 2.01. The maximum atomic E-state index is 5.53. The van der Waals surface area contributed by atoms with Crippen LogP contribution in [0, 0.1) is 0 Å². The van der Waals surface area contributed by atoms with Gasteiger partial charge in [-0.25, -0.2) is 0 Å². The van der Waals surface area contributed by atoms with Gasteiger partial charge in [-0.2, -0.15) is 0 Å². The minimum atomic E-state index is 0.874. The Morgan fingerprint density at radius 2 is 2.28 bits per heavy atom. The first kappa shape index (κ1) is 13.7. The van der Waals surface area contributed by atoms with Crippen molar-refractivity contribution in [3.8, 4) is 0 Å². The highest BCUT2D eigenvalue weighted by Crippen LogP contribution is 2.33. The van der Waals surface area contributed by atoms with Gasteiger partial charge in [0, 0.05) is 18.0 Å². The zero-order valence-corrected chi connectivity index (χ0v) is 12.4. The molecule has 0 fully saturated rings. The average molecular weight is 280 g/mol. The molecule has 0 bridgehead atoms. The summed E-state index contributed by atoms with van der Waals surface area (Å²) in [6, 6.07) is 8.55. The van der Waals surface area contributed by atoms with Gasteiger partial charge >= 0.3 is 0 Å². The molecule has 0 amide bonds. The summed E-state index contributed by atoms with van der Waals surface area (Å²) in [7, 11) is 0. The molecular weight excluding hydrogens is 260 g/mol. The van der Waals surface area contributed by atoms with Gasteiger partial charge in [-0.05, 0) is 42.9 Å². The summed E-state index contributed by atoms with van der Waals surface area (Å²) < 4.78 is 0. The van der Waals surface area contributed by atoms with Crippen LogP contribution < -0.4 is 10.2 Å². The quantitative estimate of drug-likeness (QED) is 0.671. The van der Waals surface area contributed by atoms with Crippen LogP contribution >= 0.6 is 24.0 Å². The van der Waals surface area contributed by atoms with Gasteiger partial charge in [-0.1, -0.05) is 25.5 Å². The molecule has 0 aromatic heterocycles. The number of nitrogens with one attached hydrogen (secondary N) is 1. The first-order valence-electron chi connectivity index (χ1n) is 6.60. The molecular formula is C14H20N2S2. The number of hydrogen-bond acceptors (Lipinski definition) is 2. The molecule has 1 aromatic rings. The Balaban J connectivity index is 2.09. The van der Waals surface area contributed by atoms with Crippen molar-refractivity contribution >= 4 is 34.8 Å². The number of hydrogen-bond donors (Lipinski definition) is 1. The van der Waals surface area contributed by atoms with Gasteiger partial charge in [0.1, 0.15) is 0 Å². The highest BCUT2D eigenvalue weighted by atomic mass is 32.2. The van der Waals surface area contributed by atoms with E-state index in [1.807, 2.05) is 11.8 Å². The van der Waals surface area contributed by atoms with Gasteiger partial charge in [-0.3, -0.25) is 0 Å². The first-order valence-corrected chi connectivity index (χ1v) is 7.99. The number of thioether (sulfide) groups is 1. The zero-order valence-electron chi connectivity index (χ0n) is 10.8. The Bertz CT molecular complexity index is 407. The van der Waals surface area contributed by atoms with E-state index in [2.05, 4.69) is 41.4 Å². The van der Waals surface area contributed by atoms with Crippen molar-refractivity contribution < 1.29 is 0 Å². The molecule has 1 aliphatic heterocycles. The third kappa shape index (κ3) is 3.39. The van der Waals surface area contributed by atoms with Gasteiger partial charge in [0.05, 0.1) is 5.69 Å². The third-order valence-electron chi connectivity index (χ3n) is 2.99.